The molecule has 1 unspecified atom stereocenters. The van der Waals surface area contributed by atoms with Gasteiger partial charge < -0.3 is 9.84 Å². The van der Waals surface area contributed by atoms with E-state index >= 15 is 0 Å². The number of benzene rings is 2. The van der Waals surface area contributed by atoms with Gasteiger partial charge in [0.25, 0.3) is 0 Å². The summed E-state index contributed by atoms with van der Waals surface area (Å²) >= 11 is 0. The normalized spacial score (nSPS) is 12.7. The first-order valence-electron chi connectivity index (χ1n) is 8.36. The first-order valence-corrected chi connectivity index (χ1v) is 8.36. The van der Waals surface area contributed by atoms with E-state index in [1.54, 1.807) is 0 Å². The highest BCUT2D eigenvalue weighted by atomic mass is 16.5. The third kappa shape index (κ3) is 4.60. The highest BCUT2D eigenvalue weighted by Crippen LogP contribution is 2.26. The SMILES string of the molecule is CCOc1ccc(C(Cc2ccc(C(C)(C)C)cc2)C(=O)O)cc1. The Kier molecular flexibility index (Phi) is 5.66. The van der Waals surface area contributed by atoms with Gasteiger partial charge in [0.2, 0.25) is 0 Å². The van der Waals surface area contributed by atoms with Gasteiger partial charge in [-0.1, -0.05) is 57.2 Å². The maximum atomic E-state index is 11.7. The van der Waals surface area contributed by atoms with Gasteiger partial charge in [0.05, 0.1) is 12.5 Å². The smallest absolute Gasteiger partial charge is 0.311 e. The van der Waals surface area contributed by atoms with Crippen LogP contribution in [0.2, 0.25) is 0 Å². The van der Waals surface area contributed by atoms with E-state index in [4.69, 9.17) is 4.74 Å². The molecule has 0 aliphatic rings. The van der Waals surface area contributed by atoms with Crippen LogP contribution >= 0.6 is 0 Å². The second-order valence-corrected chi connectivity index (χ2v) is 7.04. The van der Waals surface area contributed by atoms with Gasteiger partial charge in [-0.05, 0) is 47.6 Å². The molecule has 2 aromatic rings. The summed E-state index contributed by atoms with van der Waals surface area (Å²) in [4.78, 5) is 11.7. The van der Waals surface area contributed by atoms with Crippen molar-refractivity contribution in [1.82, 2.24) is 0 Å². The Labute approximate surface area is 144 Å². The van der Waals surface area contributed by atoms with Crippen molar-refractivity contribution in [2.45, 2.75) is 45.4 Å². The van der Waals surface area contributed by atoms with Crippen LogP contribution in [-0.4, -0.2) is 17.7 Å². The molecule has 0 aromatic heterocycles. The van der Waals surface area contributed by atoms with E-state index in [1.165, 1.54) is 5.56 Å². The zero-order chi connectivity index (χ0) is 17.7. The molecule has 0 spiro atoms. The summed E-state index contributed by atoms with van der Waals surface area (Å²) in [6.45, 7) is 9.03. The van der Waals surface area contributed by atoms with Gasteiger partial charge in [0, 0.05) is 0 Å². The quantitative estimate of drug-likeness (QED) is 0.830. The molecule has 0 saturated heterocycles. The van der Waals surface area contributed by atoms with Gasteiger partial charge in [-0.15, -0.1) is 0 Å². The van der Waals surface area contributed by atoms with Gasteiger partial charge in [-0.3, -0.25) is 4.79 Å². The van der Waals surface area contributed by atoms with Gasteiger partial charge in [-0.2, -0.15) is 0 Å². The summed E-state index contributed by atoms with van der Waals surface area (Å²) < 4.78 is 5.42. The summed E-state index contributed by atoms with van der Waals surface area (Å²) in [5.41, 5.74) is 3.18. The molecule has 0 amide bonds. The molecular weight excluding hydrogens is 300 g/mol. The van der Waals surface area contributed by atoms with Crippen molar-refractivity contribution in [3.8, 4) is 5.75 Å². The van der Waals surface area contributed by atoms with E-state index in [9.17, 15) is 9.90 Å². The van der Waals surface area contributed by atoms with Crippen LogP contribution in [0.1, 0.15) is 50.3 Å². The van der Waals surface area contributed by atoms with Crippen molar-refractivity contribution in [2.24, 2.45) is 0 Å². The molecule has 0 heterocycles. The molecule has 0 radical (unpaired) electrons. The van der Waals surface area contributed by atoms with E-state index in [-0.39, 0.29) is 5.41 Å². The van der Waals surface area contributed by atoms with Crippen LogP contribution in [0.25, 0.3) is 0 Å². The van der Waals surface area contributed by atoms with Crippen LogP contribution in [0, 0.1) is 0 Å². The average molecular weight is 326 g/mol. The lowest BCUT2D eigenvalue weighted by Crippen LogP contribution is -2.15. The lowest BCUT2D eigenvalue weighted by atomic mass is 9.85. The molecule has 3 nitrogen and oxygen atoms in total. The second-order valence-electron chi connectivity index (χ2n) is 7.04. The van der Waals surface area contributed by atoms with Gasteiger partial charge in [0.1, 0.15) is 5.75 Å². The van der Waals surface area contributed by atoms with E-state index in [0.717, 1.165) is 16.9 Å². The number of carboxylic acid groups (broad SMARTS) is 1. The summed E-state index contributed by atoms with van der Waals surface area (Å²) in [6.07, 6.45) is 0.480. The summed E-state index contributed by atoms with van der Waals surface area (Å²) in [5, 5.41) is 9.61. The Bertz CT molecular complexity index is 664. The first-order chi connectivity index (χ1) is 11.3. The highest BCUT2D eigenvalue weighted by molar-refractivity contribution is 5.76. The standard InChI is InChI=1S/C21H26O3/c1-5-24-18-12-8-16(9-13-18)19(20(22)23)14-15-6-10-17(11-7-15)21(2,3)4/h6-13,19H,5,14H2,1-4H3,(H,22,23). The molecule has 24 heavy (non-hydrogen) atoms. The number of aliphatic carboxylic acids is 1. The molecule has 0 aliphatic heterocycles. The van der Waals surface area contributed by atoms with Crippen LogP contribution in [-0.2, 0) is 16.6 Å². The number of hydrogen-bond acceptors (Lipinski definition) is 2. The van der Waals surface area contributed by atoms with Gasteiger partial charge in [-0.25, -0.2) is 0 Å². The summed E-state index contributed by atoms with van der Waals surface area (Å²) in [5.74, 6) is -0.597. The Hall–Kier alpha value is -2.29. The van der Waals surface area contributed by atoms with Crippen molar-refractivity contribution >= 4 is 5.97 Å². The Morgan fingerprint density at radius 3 is 2.08 bits per heavy atom. The van der Waals surface area contributed by atoms with Crippen LogP contribution in [0.5, 0.6) is 5.75 Å². The Balaban J connectivity index is 2.18. The number of ether oxygens (including phenoxy) is 1. The molecule has 128 valence electrons. The zero-order valence-electron chi connectivity index (χ0n) is 14.9. The average Bonchev–Trinajstić information content (AvgIpc) is 2.53. The van der Waals surface area contributed by atoms with Gasteiger partial charge >= 0.3 is 5.97 Å². The van der Waals surface area contributed by atoms with Crippen LogP contribution in [0.15, 0.2) is 48.5 Å². The molecule has 2 rings (SSSR count). The molecule has 3 heteroatoms. The highest BCUT2D eigenvalue weighted by Gasteiger charge is 2.21. The van der Waals surface area contributed by atoms with Crippen molar-refractivity contribution in [2.75, 3.05) is 6.61 Å². The van der Waals surface area contributed by atoms with E-state index in [1.807, 2.05) is 43.3 Å². The molecule has 0 fully saturated rings. The third-order valence-electron chi connectivity index (χ3n) is 4.15. The second kappa shape index (κ2) is 7.52. The zero-order valence-corrected chi connectivity index (χ0v) is 14.9. The fourth-order valence-corrected chi connectivity index (χ4v) is 2.69. The van der Waals surface area contributed by atoms with Crippen molar-refractivity contribution in [3.63, 3.8) is 0 Å². The lowest BCUT2D eigenvalue weighted by Gasteiger charge is -2.20. The first kappa shape index (κ1) is 18.1. The largest absolute Gasteiger partial charge is 0.494 e. The monoisotopic (exact) mass is 326 g/mol. The fourth-order valence-electron chi connectivity index (χ4n) is 2.69. The molecule has 2 aromatic carbocycles. The molecule has 0 bridgehead atoms. The van der Waals surface area contributed by atoms with Crippen molar-refractivity contribution in [3.05, 3.63) is 65.2 Å². The van der Waals surface area contributed by atoms with E-state index < -0.39 is 11.9 Å². The predicted molar refractivity (Wildman–Crippen MR) is 96.8 cm³/mol. The van der Waals surface area contributed by atoms with Crippen LogP contribution < -0.4 is 4.74 Å². The minimum Gasteiger partial charge on any atom is -0.494 e. The number of hydrogen-bond donors (Lipinski definition) is 1. The number of rotatable bonds is 6. The topological polar surface area (TPSA) is 46.5 Å². The van der Waals surface area contributed by atoms with Crippen LogP contribution in [0.3, 0.4) is 0 Å². The maximum Gasteiger partial charge on any atom is 0.311 e. The Morgan fingerprint density at radius 2 is 1.62 bits per heavy atom. The minimum atomic E-state index is -0.806. The van der Waals surface area contributed by atoms with E-state index in [0.29, 0.717) is 13.0 Å². The number of carboxylic acids is 1. The van der Waals surface area contributed by atoms with Crippen molar-refractivity contribution in [1.29, 1.82) is 0 Å². The number of carbonyl (C=O) groups is 1. The molecule has 1 N–H and O–H groups in total. The third-order valence-corrected chi connectivity index (χ3v) is 4.15. The Morgan fingerprint density at radius 1 is 1.04 bits per heavy atom. The van der Waals surface area contributed by atoms with Crippen molar-refractivity contribution < 1.29 is 14.6 Å². The summed E-state index contributed by atoms with van der Waals surface area (Å²) in [6, 6.07) is 15.6. The fraction of sp³-hybridized carbons (Fsp3) is 0.381. The molecule has 1 atom stereocenters. The lowest BCUT2D eigenvalue weighted by molar-refractivity contribution is -0.138. The molecule has 0 saturated carbocycles. The maximum absolute atomic E-state index is 11.7. The van der Waals surface area contributed by atoms with E-state index in [2.05, 4.69) is 32.9 Å². The minimum absolute atomic E-state index is 0.0971. The predicted octanol–water partition coefficient (Wildman–Crippen LogP) is 4.79. The summed E-state index contributed by atoms with van der Waals surface area (Å²) in [7, 11) is 0. The molecule has 0 aliphatic carbocycles. The molecular formula is C21H26O3. The van der Waals surface area contributed by atoms with Gasteiger partial charge in [0.15, 0.2) is 0 Å². The van der Waals surface area contributed by atoms with Crippen LogP contribution in [0.4, 0.5) is 0 Å².